The highest BCUT2D eigenvalue weighted by Gasteiger charge is 2.47. The van der Waals surface area contributed by atoms with Crippen molar-refractivity contribution in [2.75, 3.05) is 32.1 Å². The SMILES string of the molecule is CCCCCCCN(Cc1ccc(OCCC(C)C)cc1)C(=Nc1ccc(N(C)C)cc1)C1C(=O)OC(C)(C)OC1=O. The zero-order valence-electron chi connectivity index (χ0n) is 26.5. The van der Waals surface area contributed by atoms with E-state index in [1.807, 2.05) is 72.4 Å². The maximum atomic E-state index is 13.3. The van der Waals surface area contributed by atoms with Crippen LogP contribution < -0.4 is 9.64 Å². The Labute approximate surface area is 252 Å². The van der Waals surface area contributed by atoms with Crippen molar-refractivity contribution in [3.63, 3.8) is 0 Å². The van der Waals surface area contributed by atoms with Crippen LogP contribution in [0.5, 0.6) is 5.75 Å². The molecule has 1 heterocycles. The Morgan fingerprint density at radius 3 is 2.12 bits per heavy atom. The zero-order valence-corrected chi connectivity index (χ0v) is 26.5. The number of rotatable bonds is 15. The molecular formula is C34H49N3O5. The van der Waals surface area contributed by atoms with Crippen LogP contribution >= 0.6 is 0 Å². The van der Waals surface area contributed by atoms with E-state index in [1.165, 1.54) is 6.42 Å². The van der Waals surface area contributed by atoms with Gasteiger partial charge < -0.3 is 24.0 Å². The lowest BCUT2D eigenvalue weighted by Crippen LogP contribution is -2.52. The van der Waals surface area contributed by atoms with Gasteiger partial charge >= 0.3 is 11.9 Å². The van der Waals surface area contributed by atoms with E-state index >= 15 is 0 Å². The summed E-state index contributed by atoms with van der Waals surface area (Å²) in [6, 6.07) is 15.7. The van der Waals surface area contributed by atoms with Gasteiger partial charge in [0.25, 0.3) is 5.79 Å². The molecule has 42 heavy (non-hydrogen) atoms. The molecule has 2 aromatic rings. The summed E-state index contributed by atoms with van der Waals surface area (Å²) >= 11 is 0. The Kier molecular flexibility index (Phi) is 12.3. The van der Waals surface area contributed by atoms with Crippen LogP contribution in [-0.4, -0.2) is 55.7 Å². The summed E-state index contributed by atoms with van der Waals surface area (Å²) in [4.78, 5) is 35.6. The van der Waals surface area contributed by atoms with Crippen LogP contribution in [0.2, 0.25) is 0 Å². The monoisotopic (exact) mass is 579 g/mol. The molecule has 8 nitrogen and oxygen atoms in total. The zero-order chi connectivity index (χ0) is 30.7. The first-order chi connectivity index (χ1) is 20.0. The lowest BCUT2D eigenvalue weighted by Gasteiger charge is -2.36. The molecule has 230 valence electrons. The van der Waals surface area contributed by atoms with Crippen LogP contribution in [0.1, 0.15) is 78.7 Å². The van der Waals surface area contributed by atoms with Crippen molar-refractivity contribution in [3.8, 4) is 5.75 Å². The van der Waals surface area contributed by atoms with E-state index in [0.29, 0.717) is 37.1 Å². The number of hydrogen-bond donors (Lipinski definition) is 0. The van der Waals surface area contributed by atoms with Crippen molar-refractivity contribution in [1.82, 2.24) is 4.90 Å². The van der Waals surface area contributed by atoms with E-state index in [4.69, 9.17) is 19.2 Å². The van der Waals surface area contributed by atoms with Crippen LogP contribution in [0.3, 0.4) is 0 Å². The normalized spacial score (nSPS) is 15.4. The van der Waals surface area contributed by atoms with Gasteiger partial charge in [0.15, 0.2) is 0 Å². The standard InChI is InChI=1S/C34H49N3O5/c1-8-9-10-11-12-22-37(24-26-13-19-29(20-14-26)40-23-21-25(2)3)31(30-32(38)41-34(4,5)42-33(30)39)35-27-15-17-28(18-16-27)36(6)7/h13-20,25,30H,8-12,21-24H2,1-7H3. The second-order valence-corrected chi connectivity index (χ2v) is 12.1. The Morgan fingerprint density at radius 2 is 1.55 bits per heavy atom. The van der Waals surface area contributed by atoms with Gasteiger partial charge in [0, 0.05) is 46.7 Å². The summed E-state index contributed by atoms with van der Waals surface area (Å²) in [5.74, 6) is -2.15. The number of amidine groups is 1. The van der Waals surface area contributed by atoms with Crippen molar-refractivity contribution in [1.29, 1.82) is 0 Å². The van der Waals surface area contributed by atoms with Gasteiger partial charge in [-0.25, -0.2) is 4.99 Å². The molecule has 0 spiro atoms. The van der Waals surface area contributed by atoms with Crippen molar-refractivity contribution < 1.29 is 23.8 Å². The first-order valence-electron chi connectivity index (χ1n) is 15.3. The number of esters is 2. The first-order valence-corrected chi connectivity index (χ1v) is 15.3. The fourth-order valence-corrected chi connectivity index (χ4v) is 4.71. The van der Waals surface area contributed by atoms with Crippen molar-refractivity contribution in [3.05, 3.63) is 54.1 Å². The highest BCUT2D eigenvalue weighted by atomic mass is 16.7. The van der Waals surface area contributed by atoms with Gasteiger partial charge in [-0.15, -0.1) is 0 Å². The molecule has 0 bridgehead atoms. The average Bonchev–Trinajstić information content (AvgIpc) is 2.91. The summed E-state index contributed by atoms with van der Waals surface area (Å²) in [5, 5.41) is 0. The second kappa shape index (κ2) is 15.6. The predicted molar refractivity (Wildman–Crippen MR) is 168 cm³/mol. The third-order valence-corrected chi connectivity index (χ3v) is 7.15. The van der Waals surface area contributed by atoms with Crippen LogP contribution in [0.25, 0.3) is 0 Å². The van der Waals surface area contributed by atoms with Crippen molar-refractivity contribution in [2.24, 2.45) is 16.8 Å². The molecule has 1 aliphatic rings. The molecule has 0 N–H and O–H groups in total. The van der Waals surface area contributed by atoms with Gasteiger partial charge in [0.2, 0.25) is 5.92 Å². The van der Waals surface area contributed by atoms with Crippen LogP contribution in [0.15, 0.2) is 53.5 Å². The smallest absolute Gasteiger partial charge is 0.331 e. The van der Waals surface area contributed by atoms with E-state index in [1.54, 1.807) is 13.8 Å². The second-order valence-electron chi connectivity index (χ2n) is 12.1. The maximum absolute atomic E-state index is 13.3. The van der Waals surface area contributed by atoms with E-state index in [-0.39, 0.29) is 0 Å². The summed E-state index contributed by atoms with van der Waals surface area (Å²) in [6.07, 6.45) is 6.40. The summed E-state index contributed by atoms with van der Waals surface area (Å²) in [7, 11) is 3.95. The fraction of sp³-hybridized carbons (Fsp3) is 0.559. The largest absolute Gasteiger partial charge is 0.494 e. The number of cyclic esters (lactones) is 2. The van der Waals surface area contributed by atoms with Crippen LogP contribution in [0, 0.1) is 11.8 Å². The number of hydrogen-bond acceptors (Lipinski definition) is 7. The summed E-state index contributed by atoms with van der Waals surface area (Å²) in [6.45, 7) is 11.4. The number of carbonyl (C=O) groups excluding carboxylic acids is 2. The molecule has 0 unspecified atom stereocenters. The minimum absolute atomic E-state index is 0.339. The molecule has 2 aromatic carbocycles. The molecule has 0 aliphatic carbocycles. The van der Waals surface area contributed by atoms with Gasteiger partial charge in [-0.05, 0) is 60.7 Å². The van der Waals surface area contributed by atoms with Gasteiger partial charge in [0.05, 0.1) is 12.3 Å². The predicted octanol–water partition coefficient (Wildman–Crippen LogP) is 7.13. The van der Waals surface area contributed by atoms with Gasteiger partial charge in [0.1, 0.15) is 11.6 Å². The molecule has 8 heteroatoms. The molecule has 1 saturated heterocycles. The quantitative estimate of drug-likeness (QED) is 0.0730. The van der Waals surface area contributed by atoms with Gasteiger partial charge in [-0.3, -0.25) is 9.59 Å². The lowest BCUT2D eigenvalue weighted by molar-refractivity contribution is -0.236. The third kappa shape index (κ3) is 10.1. The Morgan fingerprint density at radius 1 is 0.929 bits per heavy atom. The number of unbranched alkanes of at least 4 members (excludes halogenated alkanes) is 4. The molecule has 1 aliphatic heterocycles. The minimum Gasteiger partial charge on any atom is -0.494 e. The van der Waals surface area contributed by atoms with Gasteiger partial charge in [-0.2, -0.15) is 0 Å². The number of aliphatic imine (C=N–C) groups is 1. The molecule has 0 atom stereocenters. The molecule has 1 fully saturated rings. The number of anilines is 1. The van der Waals surface area contributed by atoms with E-state index in [0.717, 1.165) is 49.1 Å². The lowest BCUT2D eigenvalue weighted by atomic mass is 10.0. The van der Waals surface area contributed by atoms with E-state index in [2.05, 4.69) is 20.8 Å². The van der Waals surface area contributed by atoms with Gasteiger partial charge in [-0.1, -0.05) is 58.6 Å². The highest BCUT2D eigenvalue weighted by molar-refractivity contribution is 6.17. The summed E-state index contributed by atoms with van der Waals surface area (Å²) < 4.78 is 17.0. The molecule has 0 aromatic heterocycles. The van der Waals surface area contributed by atoms with Crippen LogP contribution in [-0.2, 0) is 25.6 Å². The minimum atomic E-state index is -1.32. The highest BCUT2D eigenvalue weighted by Crippen LogP contribution is 2.29. The number of nitrogens with zero attached hydrogens (tertiary/aromatic N) is 3. The van der Waals surface area contributed by atoms with Crippen molar-refractivity contribution >= 4 is 29.1 Å². The topological polar surface area (TPSA) is 80.7 Å². The summed E-state index contributed by atoms with van der Waals surface area (Å²) in [5.41, 5.74) is 2.69. The fourth-order valence-electron chi connectivity index (χ4n) is 4.71. The molecule has 3 rings (SSSR count). The number of benzene rings is 2. The Balaban J connectivity index is 1.96. The molecular weight excluding hydrogens is 530 g/mol. The maximum Gasteiger partial charge on any atom is 0.331 e. The third-order valence-electron chi connectivity index (χ3n) is 7.15. The van der Waals surface area contributed by atoms with E-state index in [9.17, 15) is 9.59 Å². The van der Waals surface area contributed by atoms with Crippen LogP contribution in [0.4, 0.5) is 11.4 Å². The molecule has 0 amide bonds. The number of carbonyl (C=O) groups is 2. The Bertz CT molecular complexity index is 1150. The number of ether oxygens (including phenoxy) is 3. The first kappa shape index (κ1) is 33.0. The molecule has 0 radical (unpaired) electrons. The molecule has 0 saturated carbocycles. The van der Waals surface area contributed by atoms with Crippen molar-refractivity contribution in [2.45, 2.75) is 85.5 Å². The van der Waals surface area contributed by atoms with E-state index < -0.39 is 23.6 Å². The average molecular weight is 580 g/mol. The Hall–Kier alpha value is -3.55.